The van der Waals surface area contributed by atoms with Gasteiger partial charge in [0, 0.05) is 4.57 Å². The van der Waals surface area contributed by atoms with Gasteiger partial charge in [0.05, 0.1) is 6.61 Å². The van der Waals surface area contributed by atoms with Crippen LogP contribution in [0.2, 0.25) is 0 Å². The maximum Gasteiger partial charge on any atom is 0.698 e. The number of esters is 1. The van der Waals surface area contributed by atoms with Crippen molar-refractivity contribution in [3.63, 3.8) is 0 Å². The lowest BCUT2D eigenvalue weighted by Gasteiger charge is -2.03. The quantitative estimate of drug-likeness (QED) is 0.509. The Hall–Kier alpha value is -0.510. The molecule has 14 heavy (non-hydrogen) atoms. The van der Waals surface area contributed by atoms with E-state index in [1.165, 1.54) is 6.92 Å². The van der Waals surface area contributed by atoms with Crippen molar-refractivity contribution in [2.24, 2.45) is 0 Å². The van der Waals surface area contributed by atoms with Crippen LogP contribution in [0, 0.1) is 0 Å². The summed E-state index contributed by atoms with van der Waals surface area (Å²) in [5.41, 5.74) is 0. The average molecular weight is 223 g/mol. The molecule has 0 N–H and O–H groups in total. The van der Waals surface area contributed by atoms with Crippen LogP contribution in [0.3, 0.4) is 0 Å². The Bertz CT molecular complexity index is 204. The molecule has 6 heteroatoms. The van der Waals surface area contributed by atoms with Crippen molar-refractivity contribution >= 4 is 14.2 Å². The molecule has 0 aliphatic heterocycles. The zero-order valence-corrected chi connectivity index (χ0v) is 9.74. The van der Waals surface area contributed by atoms with Gasteiger partial charge in [-0.05, 0) is 27.7 Å². The highest BCUT2D eigenvalue weighted by Gasteiger charge is 2.30. The van der Waals surface area contributed by atoms with Crippen LogP contribution in [0.25, 0.3) is 0 Å². The molecule has 82 valence electrons. The van der Waals surface area contributed by atoms with E-state index in [4.69, 9.17) is 9.05 Å². The van der Waals surface area contributed by atoms with E-state index >= 15 is 0 Å². The number of ether oxygens (including phenoxy) is 1. The molecule has 0 saturated carbocycles. The van der Waals surface area contributed by atoms with E-state index in [-0.39, 0.29) is 12.7 Å². The number of hydrogen-bond donors (Lipinski definition) is 0. The maximum atomic E-state index is 11.1. The van der Waals surface area contributed by atoms with E-state index in [9.17, 15) is 9.36 Å². The topological polar surface area (TPSA) is 61.8 Å². The first kappa shape index (κ1) is 13.5. The Labute approximate surface area is 84.7 Å². The molecule has 0 saturated heterocycles. The fraction of sp³-hybridized carbons (Fsp3) is 0.875. The molecule has 0 aliphatic rings. The summed E-state index contributed by atoms with van der Waals surface area (Å²) in [5.74, 6) is -0.539. The third-order valence-corrected chi connectivity index (χ3v) is 2.24. The summed E-state index contributed by atoms with van der Waals surface area (Å²) >= 11 is 0. The van der Waals surface area contributed by atoms with Crippen molar-refractivity contribution in [2.75, 3.05) is 6.61 Å². The molecule has 0 fully saturated rings. The average Bonchev–Trinajstić information content (AvgIpc) is 2.02. The molecule has 0 rings (SSSR count). The van der Waals surface area contributed by atoms with Crippen molar-refractivity contribution in [1.82, 2.24) is 0 Å². The monoisotopic (exact) mass is 223 g/mol. The summed E-state index contributed by atoms with van der Waals surface area (Å²) in [6.07, 6.45) is -1.06. The molecule has 0 aromatic carbocycles. The zero-order valence-electron chi connectivity index (χ0n) is 8.85. The van der Waals surface area contributed by atoms with Gasteiger partial charge in [-0.3, -0.25) is 0 Å². The second-order valence-electron chi connectivity index (χ2n) is 2.88. The molecule has 0 aromatic rings. The molecular weight excluding hydrogens is 207 g/mol. The summed E-state index contributed by atoms with van der Waals surface area (Å²) in [6.45, 7) is 6.88. The standard InChI is InChI=1S/C8H16O5P/c1-5-11-8(9)7(4)13-14(10)12-6(2)3/h6-7H,5H2,1-4H3/q+1. The molecule has 5 nitrogen and oxygen atoms in total. The fourth-order valence-electron chi connectivity index (χ4n) is 0.629. The van der Waals surface area contributed by atoms with Gasteiger partial charge in [0.2, 0.25) is 6.10 Å². The minimum absolute atomic E-state index is 0.201. The van der Waals surface area contributed by atoms with Crippen LogP contribution >= 0.6 is 8.25 Å². The van der Waals surface area contributed by atoms with Gasteiger partial charge in [-0.15, -0.1) is 9.05 Å². The van der Waals surface area contributed by atoms with Crippen LogP contribution in [0.4, 0.5) is 0 Å². The largest absolute Gasteiger partial charge is 0.698 e. The van der Waals surface area contributed by atoms with Gasteiger partial charge in [-0.25, -0.2) is 4.79 Å². The molecule has 0 aromatic heterocycles. The van der Waals surface area contributed by atoms with Crippen LogP contribution in [-0.2, 0) is 23.1 Å². The first-order valence-electron chi connectivity index (χ1n) is 4.44. The summed E-state index contributed by atoms with van der Waals surface area (Å²) < 4.78 is 25.3. The molecule has 0 amide bonds. The Morgan fingerprint density at radius 3 is 2.29 bits per heavy atom. The van der Waals surface area contributed by atoms with Crippen LogP contribution in [-0.4, -0.2) is 24.8 Å². The molecule has 2 unspecified atom stereocenters. The summed E-state index contributed by atoms with van der Waals surface area (Å²) in [4.78, 5) is 11.0. The van der Waals surface area contributed by atoms with Crippen LogP contribution in [0.1, 0.15) is 27.7 Å². The number of hydrogen-bond acceptors (Lipinski definition) is 5. The lowest BCUT2D eigenvalue weighted by atomic mass is 10.4. The van der Waals surface area contributed by atoms with E-state index < -0.39 is 20.3 Å². The molecule has 0 radical (unpaired) electrons. The Morgan fingerprint density at radius 2 is 1.86 bits per heavy atom. The van der Waals surface area contributed by atoms with Gasteiger partial charge in [-0.2, -0.15) is 0 Å². The molecule has 0 bridgehead atoms. The first-order valence-corrected chi connectivity index (χ1v) is 5.54. The second-order valence-corrected chi connectivity index (χ2v) is 3.75. The smallest absolute Gasteiger partial charge is 0.464 e. The molecule has 0 aliphatic carbocycles. The maximum absolute atomic E-state index is 11.1. The Kier molecular flexibility index (Phi) is 6.62. The van der Waals surface area contributed by atoms with E-state index in [2.05, 4.69) is 4.74 Å². The Morgan fingerprint density at radius 1 is 1.29 bits per heavy atom. The summed E-state index contributed by atoms with van der Waals surface area (Å²) in [7, 11) is -2.25. The molecule has 0 heterocycles. The highest BCUT2D eigenvalue weighted by atomic mass is 31.1. The van der Waals surface area contributed by atoms with Gasteiger partial charge < -0.3 is 4.74 Å². The van der Waals surface area contributed by atoms with Crippen molar-refractivity contribution in [3.8, 4) is 0 Å². The third kappa shape index (κ3) is 6.02. The number of rotatable bonds is 6. The highest BCUT2D eigenvalue weighted by Crippen LogP contribution is 2.28. The van der Waals surface area contributed by atoms with Gasteiger partial charge in [-0.1, -0.05) is 0 Å². The number of carbonyl (C=O) groups is 1. The normalized spacial score (nSPS) is 13.9. The van der Waals surface area contributed by atoms with Crippen molar-refractivity contribution in [2.45, 2.75) is 39.9 Å². The van der Waals surface area contributed by atoms with Crippen molar-refractivity contribution < 1.29 is 23.1 Å². The number of carbonyl (C=O) groups excluding carboxylic acids is 1. The van der Waals surface area contributed by atoms with Gasteiger partial charge in [0.25, 0.3) is 0 Å². The fourth-order valence-corrected chi connectivity index (χ4v) is 1.37. The summed E-state index contributed by atoms with van der Waals surface area (Å²) in [5, 5.41) is 0. The Balaban J connectivity index is 3.87. The molecule has 0 spiro atoms. The predicted octanol–water partition coefficient (Wildman–Crippen LogP) is 2.04. The van der Waals surface area contributed by atoms with E-state index in [1.807, 2.05) is 0 Å². The predicted molar refractivity (Wildman–Crippen MR) is 51.0 cm³/mol. The molecule has 2 atom stereocenters. The summed E-state index contributed by atoms with van der Waals surface area (Å²) in [6, 6.07) is 0. The first-order chi connectivity index (χ1) is 6.47. The minimum Gasteiger partial charge on any atom is -0.464 e. The van der Waals surface area contributed by atoms with Crippen LogP contribution in [0.5, 0.6) is 0 Å². The minimum atomic E-state index is -2.25. The van der Waals surface area contributed by atoms with Crippen LogP contribution in [0.15, 0.2) is 0 Å². The van der Waals surface area contributed by atoms with Crippen LogP contribution < -0.4 is 0 Å². The SMILES string of the molecule is CCOC(=O)C(C)O[P+](=O)OC(C)C. The zero-order chi connectivity index (χ0) is 11.1. The highest BCUT2D eigenvalue weighted by molar-refractivity contribution is 7.33. The lowest BCUT2D eigenvalue weighted by molar-refractivity contribution is -0.150. The van der Waals surface area contributed by atoms with Crippen molar-refractivity contribution in [3.05, 3.63) is 0 Å². The van der Waals surface area contributed by atoms with Crippen molar-refractivity contribution in [1.29, 1.82) is 0 Å². The van der Waals surface area contributed by atoms with E-state index in [0.717, 1.165) is 0 Å². The second kappa shape index (κ2) is 6.87. The van der Waals surface area contributed by atoms with E-state index in [1.54, 1.807) is 20.8 Å². The third-order valence-electron chi connectivity index (χ3n) is 1.16. The van der Waals surface area contributed by atoms with E-state index in [0.29, 0.717) is 0 Å². The van der Waals surface area contributed by atoms with Gasteiger partial charge >= 0.3 is 14.2 Å². The lowest BCUT2D eigenvalue weighted by Crippen LogP contribution is -2.21. The molecular formula is C8H16O5P+. The van der Waals surface area contributed by atoms with Gasteiger partial charge in [0.15, 0.2) is 0 Å². The van der Waals surface area contributed by atoms with Gasteiger partial charge in [0.1, 0.15) is 6.10 Å².